The van der Waals surface area contributed by atoms with Crippen LogP contribution in [0, 0.1) is 0 Å². The van der Waals surface area contributed by atoms with Crippen molar-refractivity contribution in [3.8, 4) is 44.5 Å². The highest BCUT2D eigenvalue weighted by atomic mass is 16.3. The summed E-state index contributed by atoms with van der Waals surface area (Å²) in [5, 5.41) is 2.22. The van der Waals surface area contributed by atoms with Crippen molar-refractivity contribution in [1.82, 2.24) is 0 Å². The normalized spacial score (nSPS) is 12.5. The number of hydrogen-bond acceptors (Lipinski definition) is 3. The lowest BCUT2D eigenvalue weighted by molar-refractivity contribution is 0.660. The van der Waals surface area contributed by atoms with E-state index in [2.05, 4.69) is 260 Å². The van der Waals surface area contributed by atoms with Crippen LogP contribution in [-0.2, 0) is 5.41 Å². The molecule has 3 nitrogen and oxygen atoms in total. The lowest BCUT2D eigenvalue weighted by Gasteiger charge is -2.28. The van der Waals surface area contributed by atoms with Crippen LogP contribution in [0.1, 0.15) is 25.0 Å². The van der Waals surface area contributed by atoms with Crippen LogP contribution in [0.15, 0.2) is 247 Å². The number of benzene rings is 10. The molecular formula is C63H46N2O. The van der Waals surface area contributed by atoms with Gasteiger partial charge in [-0.15, -0.1) is 0 Å². The van der Waals surface area contributed by atoms with E-state index in [0.29, 0.717) is 0 Å². The van der Waals surface area contributed by atoms with Gasteiger partial charge >= 0.3 is 0 Å². The molecule has 0 saturated heterocycles. The Morgan fingerprint density at radius 3 is 1.30 bits per heavy atom. The zero-order valence-corrected chi connectivity index (χ0v) is 36.9. The summed E-state index contributed by atoms with van der Waals surface area (Å²) in [6.45, 7) is 4.68. The van der Waals surface area contributed by atoms with Gasteiger partial charge in [0, 0.05) is 44.6 Å². The highest BCUT2D eigenvalue weighted by Gasteiger charge is 2.36. The highest BCUT2D eigenvalue weighted by Crippen LogP contribution is 2.51. The minimum Gasteiger partial charge on any atom is -0.454 e. The Morgan fingerprint density at radius 2 is 0.742 bits per heavy atom. The molecule has 66 heavy (non-hydrogen) atoms. The molecule has 0 amide bonds. The Hall–Kier alpha value is -8.40. The fraction of sp³-hybridized carbons (Fsp3) is 0.0476. The Labute approximate surface area is 386 Å². The third-order valence-electron chi connectivity index (χ3n) is 13.5. The molecule has 11 aromatic rings. The van der Waals surface area contributed by atoms with Gasteiger partial charge in [0.2, 0.25) is 0 Å². The van der Waals surface area contributed by atoms with Gasteiger partial charge in [0.15, 0.2) is 5.58 Å². The van der Waals surface area contributed by atoms with E-state index in [1.807, 2.05) is 6.07 Å². The maximum absolute atomic E-state index is 6.69. The second kappa shape index (κ2) is 16.0. The molecule has 1 aromatic heterocycles. The van der Waals surface area contributed by atoms with Crippen molar-refractivity contribution in [3.05, 3.63) is 254 Å². The molecule has 10 aromatic carbocycles. The molecule has 0 unspecified atom stereocenters. The van der Waals surface area contributed by atoms with Gasteiger partial charge in [-0.05, 0) is 128 Å². The molecule has 0 atom stereocenters. The van der Waals surface area contributed by atoms with E-state index in [1.165, 1.54) is 44.5 Å². The molecule has 3 heteroatoms. The number of anilines is 6. The lowest BCUT2D eigenvalue weighted by Crippen LogP contribution is -2.16. The van der Waals surface area contributed by atoms with Crippen molar-refractivity contribution < 1.29 is 4.42 Å². The van der Waals surface area contributed by atoms with Gasteiger partial charge in [-0.25, -0.2) is 0 Å². The first kappa shape index (κ1) is 39.2. The van der Waals surface area contributed by atoms with Gasteiger partial charge < -0.3 is 14.2 Å². The van der Waals surface area contributed by atoms with Gasteiger partial charge in [0.25, 0.3) is 0 Å². The van der Waals surface area contributed by atoms with Crippen LogP contribution in [0.4, 0.5) is 34.1 Å². The second-order valence-electron chi connectivity index (χ2n) is 17.7. The van der Waals surface area contributed by atoms with E-state index in [9.17, 15) is 0 Å². The van der Waals surface area contributed by atoms with Gasteiger partial charge in [-0.2, -0.15) is 0 Å². The number of hydrogen-bond donors (Lipinski definition) is 0. The van der Waals surface area contributed by atoms with E-state index in [4.69, 9.17) is 4.42 Å². The maximum Gasteiger partial charge on any atom is 0.159 e. The minimum absolute atomic E-state index is 0.137. The minimum atomic E-state index is -0.137. The number of para-hydroxylation sites is 2. The van der Waals surface area contributed by atoms with E-state index in [1.54, 1.807) is 0 Å². The average Bonchev–Trinajstić information content (AvgIpc) is 3.88. The molecule has 0 radical (unpaired) electrons. The second-order valence-corrected chi connectivity index (χ2v) is 17.7. The first-order valence-electron chi connectivity index (χ1n) is 22.7. The van der Waals surface area contributed by atoms with Crippen molar-refractivity contribution in [1.29, 1.82) is 0 Å². The average molecular weight is 847 g/mol. The van der Waals surface area contributed by atoms with Gasteiger partial charge in [0.05, 0.1) is 5.69 Å². The predicted octanol–water partition coefficient (Wildman–Crippen LogP) is 17.8. The van der Waals surface area contributed by atoms with E-state index >= 15 is 0 Å². The molecule has 0 spiro atoms. The molecule has 0 saturated carbocycles. The molecular weight excluding hydrogens is 801 g/mol. The molecule has 12 rings (SSSR count). The molecule has 0 aliphatic heterocycles. The van der Waals surface area contributed by atoms with Crippen LogP contribution in [0.5, 0.6) is 0 Å². The van der Waals surface area contributed by atoms with Crippen LogP contribution in [0.3, 0.4) is 0 Å². The number of furan rings is 1. The van der Waals surface area contributed by atoms with E-state index < -0.39 is 0 Å². The van der Waals surface area contributed by atoms with Crippen molar-refractivity contribution in [2.24, 2.45) is 0 Å². The standard InChI is InChI=1S/C63H46N2O/c1-63(2)58-21-11-9-18-54(58)55-41-40-53(42-59(55)63)65(60-22-13-20-57-56-19-10-12-23-61(56)66-62(57)60)52-38-30-48(31-39-52)47-28-36-51(37-29-47)64(49-32-24-45(25-33-49)43-14-5-3-6-15-43)50-34-26-46(27-35-50)44-16-7-4-8-17-44/h3-42H,1-2H3. The molecule has 1 aliphatic rings. The van der Waals surface area contributed by atoms with Crippen LogP contribution < -0.4 is 9.80 Å². The molecule has 314 valence electrons. The molecule has 1 heterocycles. The lowest BCUT2D eigenvalue weighted by atomic mass is 9.82. The third-order valence-corrected chi connectivity index (χ3v) is 13.5. The van der Waals surface area contributed by atoms with Crippen LogP contribution in [-0.4, -0.2) is 0 Å². The van der Waals surface area contributed by atoms with Crippen LogP contribution >= 0.6 is 0 Å². The number of nitrogens with zero attached hydrogens (tertiary/aromatic N) is 2. The van der Waals surface area contributed by atoms with E-state index in [0.717, 1.165) is 67.2 Å². The fourth-order valence-electron chi connectivity index (χ4n) is 10.1. The summed E-state index contributed by atoms with van der Waals surface area (Å²) in [6, 6.07) is 87.4. The topological polar surface area (TPSA) is 19.6 Å². The summed E-state index contributed by atoms with van der Waals surface area (Å²) in [4.78, 5) is 4.70. The first-order valence-corrected chi connectivity index (χ1v) is 22.7. The highest BCUT2D eigenvalue weighted by molar-refractivity contribution is 6.10. The molecule has 0 N–H and O–H groups in total. The Bertz CT molecular complexity index is 3430. The van der Waals surface area contributed by atoms with Crippen molar-refractivity contribution >= 4 is 56.1 Å². The molecule has 1 aliphatic carbocycles. The zero-order chi connectivity index (χ0) is 44.2. The van der Waals surface area contributed by atoms with Gasteiger partial charge in [-0.3, -0.25) is 0 Å². The summed E-state index contributed by atoms with van der Waals surface area (Å²) in [5.41, 5.74) is 20.4. The Kier molecular flexibility index (Phi) is 9.50. The zero-order valence-electron chi connectivity index (χ0n) is 36.9. The van der Waals surface area contributed by atoms with Crippen LogP contribution in [0.2, 0.25) is 0 Å². The quantitative estimate of drug-likeness (QED) is 0.144. The van der Waals surface area contributed by atoms with Crippen molar-refractivity contribution in [2.75, 3.05) is 9.80 Å². The smallest absolute Gasteiger partial charge is 0.159 e. The summed E-state index contributed by atoms with van der Waals surface area (Å²) in [7, 11) is 0. The first-order chi connectivity index (χ1) is 32.5. The van der Waals surface area contributed by atoms with E-state index in [-0.39, 0.29) is 5.41 Å². The van der Waals surface area contributed by atoms with Crippen molar-refractivity contribution in [3.63, 3.8) is 0 Å². The molecule has 0 fully saturated rings. The number of rotatable bonds is 9. The summed E-state index contributed by atoms with van der Waals surface area (Å²) in [6.07, 6.45) is 0. The molecule has 0 bridgehead atoms. The predicted molar refractivity (Wildman–Crippen MR) is 277 cm³/mol. The summed E-state index contributed by atoms with van der Waals surface area (Å²) in [5.74, 6) is 0. The fourth-order valence-corrected chi connectivity index (χ4v) is 10.1. The SMILES string of the molecule is CC1(C)c2ccccc2-c2ccc(N(c3ccc(-c4ccc(N(c5ccc(-c6ccccc6)cc5)c5ccc(-c6ccccc6)cc5)cc4)cc3)c3cccc4c3oc3ccccc34)cc21. The number of fused-ring (bicyclic) bond motifs is 6. The van der Waals surface area contributed by atoms with Gasteiger partial charge in [0.1, 0.15) is 5.58 Å². The van der Waals surface area contributed by atoms with Crippen LogP contribution in [0.25, 0.3) is 66.4 Å². The summed E-state index contributed by atoms with van der Waals surface area (Å²) >= 11 is 0. The maximum atomic E-state index is 6.69. The van der Waals surface area contributed by atoms with Gasteiger partial charge in [-0.1, -0.05) is 184 Å². The van der Waals surface area contributed by atoms with Crippen molar-refractivity contribution in [2.45, 2.75) is 19.3 Å². The summed E-state index contributed by atoms with van der Waals surface area (Å²) < 4.78 is 6.69. The largest absolute Gasteiger partial charge is 0.454 e. The Morgan fingerprint density at radius 1 is 0.318 bits per heavy atom. The third kappa shape index (κ3) is 6.76. The Balaban J connectivity index is 0.912. The monoisotopic (exact) mass is 846 g/mol.